The Hall–Kier alpha value is -1.36. The third-order valence-electron chi connectivity index (χ3n) is 2.99. The minimum atomic E-state index is -0.637. The van der Waals surface area contributed by atoms with Crippen LogP contribution in [0, 0.1) is 0 Å². The van der Waals surface area contributed by atoms with Crippen LogP contribution >= 0.6 is 15.9 Å². The van der Waals surface area contributed by atoms with Crippen molar-refractivity contribution in [1.29, 1.82) is 0 Å². The molecule has 102 valence electrons. The second-order valence-corrected chi connectivity index (χ2v) is 6.20. The second kappa shape index (κ2) is 5.33. The largest absolute Gasteiger partial charge is 0.342 e. The van der Waals surface area contributed by atoms with Gasteiger partial charge < -0.3 is 5.32 Å². The highest BCUT2D eigenvalue weighted by molar-refractivity contribution is 9.10. The van der Waals surface area contributed by atoms with Crippen LogP contribution in [0.3, 0.4) is 0 Å². The van der Waals surface area contributed by atoms with Gasteiger partial charge >= 0.3 is 0 Å². The number of nitrogens with one attached hydrogen (secondary N) is 2. The Morgan fingerprint density at radius 3 is 2.53 bits per heavy atom. The van der Waals surface area contributed by atoms with Gasteiger partial charge in [0.2, 0.25) is 0 Å². The molecule has 1 saturated heterocycles. The highest BCUT2D eigenvalue weighted by atomic mass is 79.9. The first-order valence-corrected chi connectivity index (χ1v) is 7.10. The van der Waals surface area contributed by atoms with Crippen LogP contribution in [0.25, 0.3) is 0 Å². The number of carbonyl (C=O) groups excluding carboxylic acids is 1. The molecule has 1 unspecified atom stereocenters. The molecule has 1 fully saturated rings. The lowest BCUT2D eigenvalue weighted by Gasteiger charge is -2.21. The van der Waals surface area contributed by atoms with E-state index in [0.29, 0.717) is 12.4 Å². The molecular weight excluding hydrogens is 306 g/mol. The molecule has 0 spiro atoms. The van der Waals surface area contributed by atoms with Crippen molar-refractivity contribution in [3.8, 4) is 0 Å². The SMILES string of the molecule is CC(C)N=C1NC(=O)C(C)(Cc2ccc(Br)cc2)N1. The maximum atomic E-state index is 12.1. The van der Waals surface area contributed by atoms with Crippen LogP contribution in [0.1, 0.15) is 26.3 Å². The predicted molar refractivity (Wildman–Crippen MR) is 80.1 cm³/mol. The van der Waals surface area contributed by atoms with Crippen molar-refractivity contribution in [2.24, 2.45) is 4.99 Å². The lowest BCUT2D eigenvalue weighted by Crippen LogP contribution is -2.45. The molecule has 0 aliphatic carbocycles. The third-order valence-corrected chi connectivity index (χ3v) is 3.51. The van der Waals surface area contributed by atoms with Gasteiger partial charge in [-0.05, 0) is 38.5 Å². The highest BCUT2D eigenvalue weighted by Gasteiger charge is 2.40. The van der Waals surface area contributed by atoms with Gasteiger partial charge in [-0.3, -0.25) is 15.1 Å². The molecule has 1 aromatic carbocycles. The fraction of sp³-hybridized carbons (Fsp3) is 0.429. The van der Waals surface area contributed by atoms with Gasteiger partial charge in [-0.1, -0.05) is 28.1 Å². The van der Waals surface area contributed by atoms with Gasteiger partial charge in [-0.15, -0.1) is 0 Å². The van der Waals surface area contributed by atoms with E-state index < -0.39 is 5.54 Å². The summed E-state index contributed by atoms with van der Waals surface area (Å²) in [6, 6.07) is 8.14. The summed E-state index contributed by atoms with van der Waals surface area (Å²) < 4.78 is 1.03. The van der Waals surface area contributed by atoms with Crippen molar-refractivity contribution < 1.29 is 4.79 Å². The van der Waals surface area contributed by atoms with Crippen LogP contribution in [0.2, 0.25) is 0 Å². The molecule has 19 heavy (non-hydrogen) atoms. The molecule has 4 nitrogen and oxygen atoms in total. The van der Waals surface area contributed by atoms with Crippen LogP contribution in [0.5, 0.6) is 0 Å². The van der Waals surface area contributed by atoms with E-state index in [-0.39, 0.29) is 11.9 Å². The smallest absolute Gasteiger partial charge is 0.252 e. The van der Waals surface area contributed by atoms with Crippen molar-refractivity contribution in [3.63, 3.8) is 0 Å². The Morgan fingerprint density at radius 2 is 1.95 bits per heavy atom. The first kappa shape index (κ1) is 14.1. The molecule has 2 rings (SSSR count). The number of hydrogen-bond donors (Lipinski definition) is 2. The number of halogens is 1. The fourth-order valence-corrected chi connectivity index (χ4v) is 2.32. The van der Waals surface area contributed by atoms with Gasteiger partial charge in [-0.25, -0.2) is 0 Å². The summed E-state index contributed by atoms with van der Waals surface area (Å²) in [5.41, 5.74) is 0.473. The average Bonchev–Trinajstić information content (AvgIpc) is 2.56. The predicted octanol–water partition coefficient (Wildman–Crippen LogP) is 2.23. The standard InChI is InChI=1S/C14H18BrN3O/c1-9(2)16-13-17-12(19)14(3,18-13)8-10-4-6-11(15)7-5-10/h4-7,9H,8H2,1-3H3,(H2,16,17,18,19). The zero-order valence-electron chi connectivity index (χ0n) is 11.3. The molecule has 1 aromatic rings. The number of guanidine groups is 1. The molecular formula is C14H18BrN3O. The second-order valence-electron chi connectivity index (χ2n) is 5.29. The molecule has 2 N–H and O–H groups in total. The van der Waals surface area contributed by atoms with Crippen LogP contribution in [0.4, 0.5) is 0 Å². The monoisotopic (exact) mass is 323 g/mol. The lowest BCUT2D eigenvalue weighted by molar-refractivity contribution is -0.123. The number of amides is 1. The summed E-state index contributed by atoms with van der Waals surface area (Å²) in [7, 11) is 0. The summed E-state index contributed by atoms with van der Waals surface area (Å²) in [4.78, 5) is 16.4. The van der Waals surface area contributed by atoms with Crippen molar-refractivity contribution in [2.75, 3.05) is 0 Å². The van der Waals surface area contributed by atoms with E-state index in [9.17, 15) is 4.79 Å². The molecule has 0 bridgehead atoms. The topological polar surface area (TPSA) is 53.5 Å². The van der Waals surface area contributed by atoms with Gasteiger partial charge in [0.25, 0.3) is 5.91 Å². The minimum absolute atomic E-state index is 0.0326. The first-order chi connectivity index (χ1) is 8.89. The molecule has 1 aliphatic heterocycles. The average molecular weight is 324 g/mol. The maximum absolute atomic E-state index is 12.1. The molecule has 5 heteroatoms. The van der Waals surface area contributed by atoms with Crippen LogP contribution < -0.4 is 10.6 Å². The Kier molecular flexibility index (Phi) is 3.94. The maximum Gasteiger partial charge on any atom is 0.252 e. The van der Waals surface area contributed by atoms with Crippen molar-refractivity contribution >= 4 is 27.8 Å². The summed E-state index contributed by atoms with van der Waals surface area (Å²) in [6.45, 7) is 5.85. The number of rotatable bonds is 3. The summed E-state index contributed by atoms with van der Waals surface area (Å²) >= 11 is 3.41. The van der Waals surface area contributed by atoms with E-state index >= 15 is 0 Å². The molecule has 1 aliphatic rings. The third kappa shape index (κ3) is 3.35. The van der Waals surface area contributed by atoms with E-state index in [1.807, 2.05) is 45.0 Å². The summed E-state index contributed by atoms with van der Waals surface area (Å²) in [5.74, 6) is 0.537. The molecule has 0 saturated carbocycles. The van der Waals surface area contributed by atoms with Crippen LogP contribution in [-0.4, -0.2) is 23.4 Å². The number of aliphatic imine (C=N–C) groups is 1. The van der Waals surface area contributed by atoms with E-state index in [1.165, 1.54) is 0 Å². The number of benzene rings is 1. The number of carbonyl (C=O) groups is 1. The van der Waals surface area contributed by atoms with E-state index in [2.05, 4.69) is 31.6 Å². The van der Waals surface area contributed by atoms with E-state index in [1.54, 1.807) is 0 Å². The molecule has 1 heterocycles. The van der Waals surface area contributed by atoms with Crippen molar-refractivity contribution in [1.82, 2.24) is 10.6 Å². The lowest BCUT2D eigenvalue weighted by atomic mass is 9.93. The normalized spacial score (nSPS) is 24.7. The van der Waals surface area contributed by atoms with Crippen LogP contribution in [0.15, 0.2) is 33.7 Å². The molecule has 0 radical (unpaired) electrons. The van der Waals surface area contributed by atoms with E-state index in [4.69, 9.17) is 0 Å². The zero-order valence-corrected chi connectivity index (χ0v) is 12.9. The van der Waals surface area contributed by atoms with Gasteiger partial charge in [0.05, 0.1) is 0 Å². The first-order valence-electron chi connectivity index (χ1n) is 6.31. The Balaban J connectivity index is 2.15. The number of hydrogen-bond acceptors (Lipinski definition) is 2. The van der Waals surface area contributed by atoms with Gasteiger partial charge in [0.1, 0.15) is 5.54 Å². The Bertz CT molecular complexity index is 510. The van der Waals surface area contributed by atoms with Gasteiger partial charge in [0, 0.05) is 16.9 Å². The molecule has 1 amide bonds. The highest BCUT2D eigenvalue weighted by Crippen LogP contribution is 2.19. The van der Waals surface area contributed by atoms with Gasteiger partial charge in [0.15, 0.2) is 5.96 Å². The van der Waals surface area contributed by atoms with E-state index in [0.717, 1.165) is 10.0 Å². The fourth-order valence-electron chi connectivity index (χ4n) is 2.05. The summed E-state index contributed by atoms with van der Waals surface area (Å²) in [5, 5.41) is 5.99. The Morgan fingerprint density at radius 1 is 1.32 bits per heavy atom. The molecule has 0 aromatic heterocycles. The molecule has 1 atom stereocenters. The Labute approximate surface area is 121 Å². The van der Waals surface area contributed by atoms with Crippen molar-refractivity contribution in [2.45, 2.75) is 38.8 Å². The quantitative estimate of drug-likeness (QED) is 0.896. The number of nitrogens with zero attached hydrogens (tertiary/aromatic N) is 1. The summed E-state index contributed by atoms with van der Waals surface area (Å²) in [6.07, 6.45) is 0.628. The van der Waals surface area contributed by atoms with Gasteiger partial charge in [-0.2, -0.15) is 0 Å². The minimum Gasteiger partial charge on any atom is -0.342 e. The van der Waals surface area contributed by atoms with Crippen LogP contribution in [-0.2, 0) is 11.2 Å². The zero-order chi connectivity index (χ0) is 14.0. The van der Waals surface area contributed by atoms with Crippen molar-refractivity contribution in [3.05, 3.63) is 34.3 Å².